The van der Waals surface area contributed by atoms with Crippen molar-refractivity contribution in [3.63, 3.8) is 0 Å². The van der Waals surface area contributed by atoms with Gasteiger partial charge in [-0.15, -0.1) is 25.3 Å². The monoisotopic (exact) mass is 1270 g/mol. The van der Waals surface area contributed by atoms with Crippen molar-refractivity contribution < 1.29 is 83.9 Å². The smallest absolute Gasteiger partial charge is 0.329 e. The molecule has 0 fully saturated rings. The summed E-state index contributed by atoms with van der Waals surface area (Å²) in [7, 11) is 3.66. The van der Waals surface area contributed by atoms with Gasteiger partial charge in [-0.25, -0.2) is 9.59 Å². The largest absolute Gasteiger partial charge is 0.480 e. The number of hydrogen-bond donors (Lipinski definition) is 6. The van der Waals surface area contributed by atoms with E-state index in [1.165, 1.54) is 14.2 Å². The van der Waals surface area contributed by atoms with Crippen LogP contribution in [0.1, 0.15) is 71.9 Å². The maximum Gasteiger partial charge on any atom is 0.329 e. The Morgan fingerprint density at radius 3 is 1.20 bits per heavy atom. The van der Waals surface area contributed by atoms with Crippen LogP contribution in [0, 0.1) is 131 Å². The molecule has 2 aromatic rings. The summed E-state index contributed by atoms with van der Waals surface area (Å²) in [5.41, 5.74) is 7.19. The molecule has 468 valence electrons. The lowest BCUT2D eigenvalue weighted by Gasteiger charge is -2.22. The molecule has 2 aromatic carbocycles. The van der Waals surface area contributed by atoms with Crippen molar-refractivity contribution in [2.45, 2.75) is 91.3 Å². The van der Waals surface area contributed by atoms with Crippen LogP contribution in [-0.4, -0.2) is 150 Å². The first-order valence-electron chi connectivity index (χ1n) is 24.8. The number of nitrogens with one attached hydrogen (secondary N) is 1. The number of carboxylic acid groups (broad SMARTS) is 2. The molecule has 0 saturated carbocycles. The molecular weight excluding hydrogens is 1190 g/mol. The summed E-state index contributed by atoms with van der Waals surface area (Å²) in [5.74, 6) is 45.4. The van der Waals surface area contributed by atoms with Gasteiger partial charge in [-0.3, -0.25) is 14.2 Å². The average Bonchev–Trinajstić information content (AvgIpc) is 3.46. The SMILES string of the molecule is C#CC#CC#CC#CC#CC#CC#CC#CC#CC#CC#C.CC(C)(C)OC(=O)[C@@H](N)Cc1ccccc1.CCCP=O.CCCPO.CCCPO.COCCOCC(=O)N[C@@H](Cc1ccccc1)C(=O)O.COCCOCC(=O)O.Cl.O.O.O. The van der Waals surface area contributed by atoms with Gasteiger partial charge in [0.1, 0.15) is 30.9 Å². The number of aliphatic carboxylic acids is 2. The highest BCUT2D eigenvalue weighted by Crippen LogP contribution is 2.10. The summed E-state index contributed by atoms with van der Waals surface area (Å²) in [6.45, 7) is 12.7. The van der Waals surface area contributed by atoms with E-state index >= 15 is 0 Å². The molecule has 0 radical (unpaired) electrons. The first kappa shape index (κ1) is 97.4. The Hall–Kier alpha value is -7.67. The molecule has 2 rings (SSSR count). The highest BCUT2D eigenvalue weighted by molar-refractivity contribution is 7.31. The van der Waals surface area contributed by atoms with Crippen LogP contribution in [0.2, 0.25) is 0 Å². The van der Waals surface area contributed by atoms with Gasteiger partial charge in [0.15, 0.2) is 8.46 Å². The predicted molar refractivity (Wildman–Crippen MR) is 347 cm³/mol. The van der Waals surface area contributed by atoms with E-state index in [1.54, 1.807) is 0 Å². The summed E-state index contributed by atoms with van der Waals surface area (Å²) in [4.78, 5) is 60.3. The van der Waals surface area contributed by atoms with E-state index in [0.29, 0.717) is 32.8 Å². The minimum absolute atomic E-state index is 0. The summed E-state index contributed by atoms with van der Waals surface area (Å²) in [6.07, 6.45) is 16.5. The number of carboxylic acids is 2. The van der Waals surface area contributed by atoms with Crippen molar-refractivity contribution >= 4 is 62.3 Å². The quantitative estimate of drug-likeness (QED) is 0.0397. The van der Waals surface area contributed by atoms with Gasteiger partial charge in [0.2, 0.25) is 5.91 Å². The maximum atomic E-state index is 11.6. The number of nitrogens with two attached hydrogens (primary N) is 1. The molecule has 0 aromatic heterocycles. The number of rotatable bonds is 23. The fourth-order valence-corrected chi connectivity index (χ4v) is 4.74. The Morgan fingerprint density at radius 1 is 0.593 bits per heavy atom. The van der Waals surface area contributed by atoms with E-state index in [1.807, 2.05) is 88.4 Å². The molecule has 19 nitrogen and oxygen atoms in total. The Balaban J connectivity index is -0.000000122. The van der Waals surface area contributed by atoms with Gasteiger partial charge in [0.25, 0.3) is 0 Å². The average molecular weight is 1270 g/mol. The topological polar surface area (TPSA) is 345 Å². The van der Waals surface area contributed by atoms with Crippen molar-refractivity contribution in [3.8, 4) is 131 Å². The zero-order chi connectivity index (χ0) is 62.6. The number of carbonyl (C=O) groups excluding carboxylic acids is 2. The van der Waals surface area contributed by atoms with Gasteiger partial charge in [0.05, 0.1) is 26.4 Å². The fraction of sp³-hybridized carbons (Fsp3) is 0.397. The van der Waals surface area contributed by atoms with Crippen LogP contribution >= 0.6 is 38.5 Å². The molecule has 86 heavy (non-hydrogen) atoms. The number of ether oxygens (including phenoxy) is 5. The van der Waals surface area contributed by atoms with Gasteiger partial charge < -0.3 is 71.2 Å². The lowest BCUT2D eigenvalue weighted by Crippen LogP contribution is -2.44. The number of halogens is 1. The number of hydrogen-bond acceptors (Lipinski definition) is 13. The Labute approximate surface area is 521 Å². The van der Waals surface area contributed by atoms with Crippen molar-refractivity contribution in [1.82, 2.24) is 5.32 Å². The molecule has 0 saturated heterocycles. The van der Waals surface area contributed by atoms with E-state index in [9.17, 15) is 23.7 Å². The molecule has 2 unspecified atom stereocenters. The zero-order valence-electron chi connectivity index (χ0n) is 49.8. The number of esters is 1. The van der Waals surface area contributed by atoms with Crippen molar-refractivity contribution in [1.29, 1.82) is 0 Å². The van der Waals surface area contributed by atoms with E-state index in [4.69, 9.17) is 52.8 Å². The number of methoxy groups -OCH3 is 2. The standard InChI is InChI=1S/C22H2.C14H19NO5.C13H19NO2.C5H10O4.2C3H9OP.C3H7OP.ClH.3H2O/c1-3-5-7-9-11-13-15-17-19-21-22-20-18-16-14-12-10-8-6-4-2;1-19-7-8-20-10-13(16)15-12(14(17)18)9-11-5-3-2-4-6-11;1-13(2,3)16-12(15)11(14)9-10-7-5-4-6-8-10;1-8-2-3-9-4-5(6)7;3*1-2-3-5-4;;;;/h1-2H;2-6,12H,7-10H2,1H3,(H,15,16)(H,17,18);4-8,11H,9,14H2,1-3H3;2-4H2,1H3,(H,6,7);2*4-5H,2-3H2,1H3;2-3H2,1H3;1H;3*1H2/t;12-;11-;;;;;;;;/m.00......../s1. The molecule has 0 aliphatic heterocycles. The van der Waals surface area contributed by atoms with Crippen LogP contribution in [0.4, 0.5) is 0 Å². The predicted octanol–water partition coefficient (Wildman–Crippen LogP) is 3.98. The van der Waals surface area contributed by atoms with Crippen LogP contribution in [-0.2, 0) is 60.3 Å². The van der Waals surface area contributed by atoms with Crippen molar-refractivity contribution in [3.05, 3.63) is 71.8 Å². The summed E-state index contributed by atoms with van der Waals surface area (Å²) < 4.78 is 33.7. The van der Waals surface area contributed by atoms with Gasteiger partial charge in [-0.05, 0) is 152 Å². The van der Waals surface area contributed by atoms with E-state index in [0.717, 1.165) is 48.9 Å². The maximum absolute atomic E-state index is 11.6. The molecule has 0 bridgehead atoms. The molecule has 13 N–H and O–H groups in total. The van der Waals surface area contributed by atoms with Crippen LogP contribution < -0.4 is 11.1 Å². The third-order valence-electron chi connectivity index (χ3n) is 7.49. The van der Waals surface area contributed by atoms with Gasteiger partial charge in [-0.2, -0.15) is 0 Å². The molecular formula is C63H82ClN2O17P3. The Morgan fingerprint density at radius 2 is 0.942 bits per heavy atom. The second kappa shape index (κ2) is 79.4. The number of amides is 1. The molecule has 0 heterocycles. The van der Waals surface area contributed by atoms with Gasteiger partial charge in [0, 0.05) is 68.1 Å². The molecule has 0 aliphatic rings. The fourth-order valence-electron chi connectivity index (χ4n) is 4.11. The summed E-state index contributed by atoms with van der Waals surface area (Å²) >= 11 is 0. The number of benzene rings is 2. The molecule has 0 spiro atoms. The van der Waals surface area contributed by atoms with Gasteiger partial charge >= 0.3 is 17.9 Å². The van der Waals surface area contributed by atoms with E-state index in [2.05, 4.69) is 147 Å². The van der Waals surface area contributed by atoms with Crippen LogP contribution in [0.25, 0.3) is 0 Å². The van der Waals surface area contributed by atoms with Crippen LogP contribution in [0.5, 0.6) is 0 Å². The third kappa shape index (κ3) is 87.6. The highest BCUT2D eigenvalue weighted by atomic mass is 35.5. The van der Waals surface area contributed by atoms with Crippen molar-refractivity contribution in [2.24, 2.45) is 5.73 Å². The Kier molecular flexibility index (Phi) is 90.0. The van der Waals surface area contributed by atoms with Gasteiger partial charge in [-0.1, -0.05) is 94.3 Å². The lowest BCUT2D eigenvalue weighted by atomic mass is 10.1. The molecule has 4 atom stereocenters. The van der Waals surface area contributed by atoms with Crippen LogP contribution in [0.15, 0.2) is 60.7 Å². The second-order valence-corrected chi connectivity index (χ2v) is 18.0. The molecule has 23 heteroatoms. The minimum atomic E-state index is -1.07. The number of terminal acetylenes is 2. The third-order valence-corrected chi connectivity index (χ3v) is 9.57. The van der Waals surface area contributed by atoms with E-state index < -0.39 is 35.5 Å². The first-order valence-corrected chi connectivity index (χ1v) is 28.1. The number of carbonyl (C=O) groups is 4. The second-order valence-electron chi connectivity index (χ2n) is 15.7. The summed E-state index contributed by atoms with van der Waals surface area (Å²) in [6, 6.07) is 17.3. The normalized spacial score (nSPS) is 8.94. The molecule has 0 aliphatic carbocycles. The van der Waals surface area contributed by atoms with Crippen molar-refractivity contribution in [2.75, 3.05) is 72.3 Å². The zero-order valence-corrected chi connectivity index (χ0v) is 53.5. The van der Waals surface area contributed by atoms with E-state index in [-0.39, 0.29) is 80.5 Å². The minimum Gasteiger partial charge on any atom is -0.480 e. The highest BCUT2D eigenvalue weighted by Gasteiger charge is 2.22. The summed E-state index contributed by atoms with van der Waals surface area (Å²) in [5, 5.41) is 19.6. The molecule has 1 amide bonds. The lowest BCUT2D eigenvalue weighted by molar-refractivity contribution is -0.156. The Bertz CT molecular complexity index is 2670. The van der Waals surface area contributed by atoms with Crippen LogP contribution in [0.3, 0.4) is 0 Å². The first-order chi connectivity index (χ1) is 39.4.